The van der Waals surface area contributed by atoms with Crippen LogP contribution in [-0.2, 0) is 4.79 Å². The topological polar surface area (TPSA) is 111 Å². The minimum Gasteiger partial charge on any atom is -0.482 e. The lowest BCUT2D eigenvalue weighted by molar-refractivity contribution is -0.384. The number of nitrogens with one attached hydrogen (secondary N) is 1. The fourth-order valence-corrected chi connectivity index (χ4v) is 4.93. The van der Waals surface area contributed by atoms with Gasteiger partial charge in [0.05, 0.1) is 26.9 Å². The van der Waals surface area contributed by atoms with Gasteiger partial charge in [0.25, 0.3) is 11.6 Å². The van der Waals surface area contributed by atoms with Crippen LogP contribution in [0.25, 0.3) is 11.3 Å². The molecule has 2 aromatic heterocycles. The third-order valence-corrected chi connectivity index (χ3v) is 6.81. The molecule has 5 rings (SSSR count). The number of fused-ring (bicyclic) bond motifs is 1. The molecule has 4 aromatic rings. The lowest BCUT2D eigenvalue weighted by Gasteiger charge is -2.18. The summed E-state index contributed by atoms with van der Waals surface area (Å²) in [5, 5.41) is 23.0. The number of carbonyl (C=O) groups excluding carboxylic acids is 1. The second kappa shape index (κ2) is 9.04. The van der Waals surface area contributed by atoms with Gasteiger partial charge in [-0.15, -0.1) is 22.7 Å². The highest BCUT2D eigenvalue weighted by atomic mass is 32.1. The van der Waals surface area contributed by atoms with Crippen molar-refractivity contribution in [1.29, 1.82) is 0 Å². The molecule has 0 spiro atoms. The number of rotatable bonds is 5. The number of anilines is 1. The van der Waals surface area contributed by atoms with Crippen molar-refractivity contribution in [1.82, 2.24) is 4.68 Å². The maximum atomic E-state index is 11.8. The predicted octanol–water partition coefficient (Wildman–Crippen LogP) is 5.02. The molecule has 2 aromatic carbocycles. The summed E-state index contributed by atoms with van der Waals surface area (Å²) in [4.78, 5) is 28.9. The summed E-state index contributed by atoms with van der Waals surface area (Å²) in [6.45, 7) is 1.88. The Balaban J connectivity index is 1.69. The zero-order chi connectivity index (χ0) is 23.7. The average molecular weight is 492 g/mol. The number of carbonyl (C=O) groups is 1. The molecule has 0 atom stereocenters. The van der Waals surface area contributed by atoms with Crippen molar-refractivity contribution in [3.05, 3.63) is 85.2 Å². The maximum Gasteiger partial charge on any atom is 0.294 e. The summed E-state index contributed by atoms with van der Waals surface area (Å²) in [5.74, 6) is 0.370. The second-order valence-corrected chi connectivity index (χ2v) is 9.07. The molecule has 0 aliphatic carbocycles. The number of aromatic nitrogens is 1. The van der Waals surface area contributed by atoms with Crippen LogP contribution in [0, 0.1) is 10.1 Å². The number of nitro benzene ring substituents is 1. The molecule has 0 fully saturated rings. The zero-order valence-corrected chi connectivity index (χ0v) is 19.4. The number of nitrogens with zero attached hydrogens (tertiary/aromatic N) is 4. The number of hydrogen-bond acceptors (Lipinski definition) is 8. The van der Waals surface area contributed by atoms with Crippen LogP contribution in [0.5, 0.6) is 5.75 Å². The van der Waals surface area contributed by atoms with Gasteiger partial charge in [-0.25, -0.2) is 9.67 Å². The third kappa shape index (κ3) is 4.26. The molecule has 0 saturated carbocycles. The molecule has 0 bridgehead atoms. The molecule has 1 aliphatic heterocycles. The molecule has 11 heteroatoms. The van der Waals surface area contributed by atoms with E-state index in [1.54, 1.807) is 40.3 Å². The summed E-state index contributed by atoms with van der Waals surface area (Å²) in [6.07, 6.45) is 0. The molecule has 0 unspecified atom stereocenters. The van der Waals surface area contributed by atoms with Crippen LogP contribution in [0.4, 0.5) is 17.1 Å². The molecule has 0 saturated heterocycles. The van der Waals surface area contributed by atoms with Crippen molar-refractivity contribution in [2.45, 2.75) is 6.92 Å². The Hall–Kier alpha value is -4.09. The quantitative estimate of drug-likeness (QED) is 0.240. The molecular weight excluding hydrogens is 474 g/mol. The minimum absolute atomic E-state index is 0.0199. The van der Waals surface area contributed by atoms with Gasteiger partial charge < -0.3 is 10.1 Å². The van der Waals surface area contributed by atoms with Crippen LogP contribution in [0.1, 0.15) is 11.8 Å². The van der Waals surface area contributed by atoms with Gasteiger partial charge in [0.1, 0.15) is 11.4 Å². The van der Waals surface area contributed by atoms with E-state index in [0.717, 1.165) is 21.8 Å². The lowest BCUT2D eigenvalue weighted by Crippen LogP contribution is -2.25. The van der Waals surface area contributed by atoms with E-state index in [9.17, 15) is 14.9 Å². The van der Waals surface area contributed by atoms with Crippen LogP contribution < -0.4 is 14.9 Å². The van der Waals surface area contributed by atoms with Crippen LogP contribution in [0.15, 0.2) is 75.5 Å². The van der Waals surface area contributed by atoms with Gasteiger partial charge in [-0.05, 0) is 42.6 Å². The Morgan fingerprint density at radius 3 is 2.82 bits per heavy atom. The van der Waals surface area contributed by atoms with Crippen LogP contribution >= 0.6 is 22.7 Å². The Morgan fingerprint density at radius 1 is 1.18 bits per heavy atom. The van der Waals surface area contributed by atoms with Gasteiger partial charge in [0.15, 0.2) is 6.61 Å². The number of hydrogen-bond donors (Lipinski definition) is 1. The summed E-state index contributed by atoms with van der Waals surface area (Å²) in [7, 11) is 0. The standard InChI is InChI=1S/C23H17N5O4S2/c1-14(21-7-4-10-33-21)26-27-19(15-8-9-20-17(11-15)24-22(29)12-32-20)13-34-23(27)25-16-5-2-3-6-18(16)28(30)31/h2-11,13H,12H2,1H3,(H,24,29). The highest BCUT2D eigenvalue weighted by Gasteiger charge is 2.19. The number of para-hydroxylation sites is 2. The Labute approximate surface area is 201 Å². The van der Waals surface area contributed by atoms with Crippen molar-refractivity contribution < 1.29 is 14.5 Å². The third-order valence-electron chi connectivity index (χ3n) is 5.02. The maximum absolute atomic E-state index is 11.8. The molecule has 34 heavy (non-hydrogen) atoms. The number of thiazole rings is 1. The van der Waals surface area contributed by atoms with Crippen LogP contribution in [0.2, 0.25) is 0 Å². The number of amides is 1. The highest BCUT2D eigenvalue weighted by Crippen LogP contribution is 2.33. The molecule has 1 aliphatic rings. The van der Waals surface area contributed by atoms with Crippen LogP contribution in [0.3, 0.4) is 0 Å². The molecule has 9 nitrogen and oxygen atoms in total. The SMILES string of the molecule is CC(=Nn1c(-c2ccc3c(c2)NC(=O)CO3)csc1=Nc1ccccc1[N+](=O)[O-])c1cccs1. The minimum atomic E-state index is -0.454. The zero-order valence-electron chi connectivity index (χ0n) is 17.8. The highest BCUT2D eigenvalue weighted by molar-refractivity contribution is 7.12. The fourth-order valence-electron chi connectivity index (χ4n) is 3.41. The molecule has 170 valence electrons. The van der Waals surface area contributed by atoms with E-state index < -0.39 is 4.92 Å². The first kappa shape index (κ1) is 21.7. The van der Waals surface area contributed by atoms with E-state index in [-0.39, 0.29) is 23.9 Å². The van der Waals surface area contributed by atoms with E-state index in [2.05, 4.69) is 10.3 Å². The van der Waals surface area contributed by atoms with E-state index >= 15 is 0 Å². The summed E-state index contributed by atoms with van der Waals surface area (Å²) >= 11 is 2.88. The normalized spacial score (nSPS) is 13.9. The van der Waals surface area contributed by atoms with Crippen molar-refractivity contribution in [2.24, 2.45) is 10.1 Å². The first-order valence-electron chi connectivity index (χ1n) is 10.1. The Kier molecular flexibility index (Phi) is 5.78. The van der Waals surface area contributed by atoms with E-state index in [1.807, 2.05) is 41.9 Å². The Bertz CT molecular complexity index is 1500. The second-order valence-electron chi connectivity index (χ2n) is 7.28. The van der Waals surface area contributed by atoms with Crippen molar-refractivity contribution in [3.63, 3.8) is 0 Å². The van der Waals surface area contributed by atoms with E-state index in [4.69, 9.17) is 9.84 Å². The van der Waals surface area contributed by atoms with Crippen molar-refractivity contribution in [3.8, 4) is 17.0 Å². The molecule has 1 N–H and O–H groups in total. The number of benzene rings is 2. The molecular formula is C23H17N5O4S2. The molecule has 1 amide bonds. The van der Waals surface area contributed by atoms with Gasteiger partial charge in [0.2, 0.25) is 4.80 Å². The summed E-state index contributed by atoms with van der Waals surface area (Å²) in [5.41, 5.74) is 3.01. The van der Waals surface area contributed by atoms with Crippen molar-refractivity contribution in [2.75, 3.05) is 11.9 Å². The predicted molar refractivity (Wildman–Crippen MR) is 132 cm³/mol. The Morgan fingerprint density at radius 2 is 2.03 bits per heavy atom. The van der Waals surface area contributed by atoms with Gasteiger partial charge in [-0.1, -0.05) is 18.2 Å². The number of nitro groups is 1. The number of ether oxygens (including phenoxy) is 1. The number of thiophene rings is 1. The molecule has 0 radical (unpaired) electrons. The average Bonchev–Trinajstić information content (AvgIpc) is 3.50. The fraction of sp³-hybridized carbons (Fsp3) is 0.0870. The van der Waals surface area contributed by atoms with Gasteiger partial charge in [-0.2, -0.15) is 5.10 Å². The van der Waals surface area contributed by atoms with Crippen molar-refractivity contribution >= 4 is 51.4 Å². The van der Waals surface area contributed by atoms with E-state index in [0.29, 0.717) is 16.2 Å². The smallest absolute Gasteiger partial charge is 0.294 e. The summed E-state index contributed by atoms with van der Waals surface area (Å²) < 4.78 is 7.14. The molecule has 3 heterocycles. The summed E-state index contributed by atoms with van der Waals surface area (Å²) in [6, 6.07) is 15.7. The van der Waals surface area contributed by atoms with Crippen LogP contribution in [-0.4, -0.2) is 27.8 Å². The van der Waals surface area contributed by atoms with Gasteiger partial charge in [0, 0.05) is 17.0 Å². The monoisotopic (exact) mass is 491 g/mol. The largest absolute Gasteiger partial charge is 0.482 e. The first-order valence-corrected chi connectivity index (χ1v) is 11.9. The first-order chi connectivity index (χ1) is 16.5. The van der Waals surface area contributed by atoms with Gasteiger partial charge >= 0.3 is 0 Å². The van der Waals surface area contributed by atoms with Gasteiger partial charge in [-0.3, -0.25) is 14.9 Å². The van der Waals surface area contributed by atoms with E-state index in [1.165, 1.54) is 17.4 Å². The lowest BCUT2D eigenvalue weighted by atomic mass is 10.1.